The molecule has 2 N–H and O–H groups in total. The highest BCUT2D eigenvalue weighted by Crippen LogP contribution is 2.19. The number of amides is 2. The van der Waals surface area contributed by atoms with Crippen LogP contribution in [0.4, 0.5) is 15.5 Å². The number of ether oxygens (including phenoxy) is 1. The number of benzene rings is 1. The number of carbonyl (C=O) groups excluding carboxylic acids is 2. The fourth-order valence-corrected chi connectivity index (χ4v) is 1.91. The number of fused-ring (bicyclic) bond motifs is 1. The molecule has 0 saturated carbocycles. The summed E-state index contributed by atoms with van der Waals surface area (Å²) >= 11 is 0. The summed E-state index contributed by atoms with van der Waals surface area (Å²) in [6, 6.07) is 6.83. The second kappa shape index (κ2) is 8.23. The zero-order chi connectivity index (χ0) is 15.2. The predicted molar refractivity (Wildman–Crippen MR) is 86.7 cm³/mol. The molecule has 1 aromatic carbocycles. The second-order valence-electron chi connectivity index (χ2n) is 4.46. The Balaban J connectivity index is 0.00000242. The number of methoxy groups -OCH3 is 1. The molecule has 0 fully saturated rings. The third kappa shape index (κ3) is 3.88. The molecule has 0 aliphatic carbocycles. The summed E-state index contributed by atoms with van der Waals surface area (Å²) in [5, 5.41) is 5.25. The Hall–Kier alpha value is -2.28. The molecule has 0 spiro atoms. The average Bonchev–Trinajstić information content (AvgIpc) is 2.85. The maximum atomic E-state index is 12.3. The van der Waals surface area contributed by atoms with Crippen LogP contribution in [0.3, 0.4) is 0 Å². The number of nitrogens with one attached hydrogen (secondary N) is 2. The van der Waals surface area contributed by atoms with Gasteiger partial charge in [0.2, 0.25) is 5.95 Å². The number of carbonyl (C=O) groups is 2. The van der Waals surface area contributed by atoms with E-state index in [1.54, 1.807) is 12.1 Å². The van der Waals surface area contributed by atoms with Crippen LogP contribution in [0.15, 0.2) is 24.3 Å². The zero-order valence-electron chi connectivity index (χ0n) is 12.5. The first-order valence-electron chi connectivity index (χ1n) is 6.78. The number of anilines is 1. The van der Waals surface area contributed by atoms with Crippen LogP contribution in [0, 0.1) is 0 Å². The highest BCUT2D eigenvalue weighted by molar-refractivity contribution is 5.96. The van der Waals surface area contributed by atoms with Crippen LogP contribution in [-0.4, -0.2) is 35.3 Å². The average molecular weight is 327 g/mol. The smallest absolute Gasteiger partial charge is 0.413 e. The van der Waals surface area contributed by atoms with Gasteiger partial charge in [-0.25, -0.2) is 19.1 Å². The van der Waals surface area contributed by atoms with Gasteiger partial charge in [0.15, 0.2) is 0 Å². The lowest BCUT2D eigenvalue weighted by atomic mass is 10.3. The van der Waals surface area contributed by atoms with E-state index in [-0.39, 0.29) is 24.4 Å². The highest BCUT2D eigenvalue weighted by Gasteiger charge is 2.18. The molecule has 0 atom stereocenters. The monoisotopic (exact) mass is 326 g/mol. The molecule has 2 rings (SSSR count). The van der Waals surface area contributed by atoms with E-state index < -0.39 is 6.09 Å². The predicted octanol–water partition coefficient (Wildman–Crippen LogP) is 2.99. The van der Waals surface area contributed by atoms with E-state index in [1.165, 1.54) is 11.7 Å². The third-order valence-electron chi connectivity index (χ3n) is 2.97. The molecule has 1 heterocycles. The normalized spacial score (nSPS) is 9.91. The van der Waals surface area contributed by atoms with Gasteiger partial charge in [-0.3, -0.25) is 5.32 Å². The van der Waals surface area contributed by atoms with Crippen molar-refractivity contribution in [2.45, 2.75) is 19.8 Å². The Morgan fingerprint density at radius 3 is 2.73 bits per heavy atom. The fraction of sp³-hybridized carbons (Fsp3) is 0.357. The lowest BCUT2D eigenvalue weighted by molar-refractivity contribution is 0.186. The molecule has 2 amide bonds. The van der Waals surface area contributed by atoms with Crippen LogP contribution in [0.5, 0.6) is 0 Å². The van der Waals surface area contributed by atoms with E-state index in [0.717, 1.165) is 12.8 Å². The first kappa shape index (κ1) is 17.8. The molecule has 120 valence electrons. The number of hydrogen-bond donors (Lipinski definition) is 2. The van der Waals surface area contributed by atoms with Crippen LogP contribution in [0.2, 0.25) is 0 Å². The van der Waals surface area contributed by atoms with Gasteiger partial charge in [0.05, 0.1) is 18.1 Å². The number of nitrogens with zero attached hydrogens (tertiary/aromatic N) is 2. The van der Waals surface area contributed by atoms with Crippen LogP contribution >= 0.6 is 12.4 Å². The maximum Gasteiger partial charge on any atom is 0.413 e. The molecule has 0 bridgehead atoms. The molecule has 0 saturated heterocycles. The molecule has 8 heteroatoms. The molecule has 22 heavy (non-hydrogen) atoms. The van der Waals surface area contributed by atoms with Crippen molar-refractivity contribution in [2.24, 2.45) is 0 Å². The van der Waals surface area contributed by atoms with Gasteiger partial charge in [-0.1, -0.05) is 25.5 Å². The summed E-state index contributed by atoms with van der Waals surface area (Å²) in [5.41, 5.74) is 1.24. The van der Waals surface area contributed by atoms with Crippen molar-refractivity contribution in [1.82, 2.24) is 14.9 Å². The lowest BCUT2D eigenvalue weighted by Crippen LogP contribution is -2.31. The minimum Gasteiger partial charge on any atom is -0.453 e. The molecule has 2 aromatic rings. The molecular formula is C14H19ClN4O3. The van der Waals surface area contributed by atoms with Gasteiger partial charge in [-0.15, -0.1) is 12.4 Å². The maximum absolute atomic E-state index is 12.3. The van der Waals surface area contributed by atoms with Gasteiger partial charge in [0.1, 0.15) is 0 Å². The van der Waals surface area contributed by atoms with Crippen molar-refractivity contribution >= 4 is 41.5 Å². The molecule has 0 aliphatic heterocycles. The van der Waals surface area contributed by atoms with Crippen LogP contribution in [0.1, 0.15) is 19.8 Å². The van der Waals surface area contributed by atoms with E-state index in [2.05, 4.69) is 20.4 Å². The Kier molecular flexibility index (Phi) is 6.65. The standard InChI is InChI=1S/C14H18N4O3.ClH/c1-3-4-9-15-13(19)18-11-8-6-5-7-10(11)16-12(18)17-14(20)21-2;/h5-8H,3-4,9H2,1-2H3,(H,15,19)(H,16,17,20);1H. The SMILES string of the molecule is CCCCNC(=O)n1c(NC(=O)OC)nc2ccccc21.Cl. The van der Waals surface area contributed by atoms with E-state index in [1.807, 2.05) is 19.1 Å². The van der Waals surface area contributed by atoms with Gasteiger partial charge in [0.25, 0.3) is 0 Å². The Morgan fingerprint density at radius 1 is 1.32 bits per heavy atom. The first-order chi connectivity index (χ1) is 10.2. The molecule has 1 aromatic heterocycles. The molecule has 0 aliphatic rings. The van der Waals surface area contributed by atoms with Gasteiger partial charge >= 0.3 is 12.1 Å². The minimum absolute atomic E-state index is 0. The first-order valence-corrected chi connectivity index (χ1v) is 6.78. The van der Waals surface area contributed by atoms with Crippen molar-refractivity contribution in [3.8, 4) is 0 Å². The number of aromatic nitrogens is 2. The van der Waals surface area contributed by atoms with Crippen molar-refractivity contribution < 1.29 is 14.3 Å². The Bertz CT molecular complexity index is 657. The summed E-state index contributed by atoms with van der Waals surface area (Å²) in [4.78, 5) is 27.9. The second-order valence-corrected chi connectivity index (χ2v) is 4.46. The number of unbranched alkanes of at least 4 members (excludes halogenated alkanes) is 1. The Labute approximate surface area is 134 Å². The van der Waals surface area contributed by atoms with Gasteiger partial charge in [0, 0.05) is 6.54 Å². The number of imidazole rings is 1. The Morgan fingerprint density at radius 2 is 2.05 bits per heavy atom. The van der Waals surface area contributed by atoms with Crippen molar-refractivity contribution in [1.29, 1.82) is 0 Å². The topological polar surface area (TPSA) is 85.2 Å². The van der Waals surface area contributed by atoms with Gasteiger partial charge in [-0.2, -0.15) is 0 Å². The van der Waals surface area contributed by atoms with E-state index in [4.69, 9.17) is 0 Å². The van der Waals surface area contributed by atoms with Crippen LogP contribution in [-0.2, 0) is 4.74 Å². The third-order valence-corrected chi connectivity index (χ3v) is 2.97. The lowest BCUT2D eigenvalue weighted by Gasteiger charge is -2.09. The summed E-state index contributed by atoms with van der Waals surface area (Å²) in [7, 11) is 1.25. The number of rotatable bonds is 4. The molecule has 0 unspecified atom stereocenters. The van der Waals surface area contributed by atoms with Crippen LogP contribution in [0.25, 0.3) is 11.0 Å². The van der Waals surface area contributed by atoms with Gasteiger partial charge in [-0.05, 0) is 18.6 Å². The van der Waals surface area contributed by atoms with E-state index in [0.29, 0.717) is 17.6 Å². The van der Waals surface area contributed by atoms with Crippen LogP contribution < -0.4 is 10.6 Å². The largest absolute Gasteiger partial charge is 0.453 e. The molecular weight excluding hydrogens is 308 g/mol. The zero-order valence-corrected chi connectivity index (χ0v) is 13.3. The number of hydrogen-bond acceptors (Lipinski definition) is 4. The summed E-state index contributed by atoms with van der Waals surface area (Å²) in [5.74, 6) is 0.136. The number of para-hydroxylation sites is 2. The number of halogens is 1. The fourth-order valence-electron chi connectivity index (χ4n) is 1.91. The summed E-state index contributed by atoms with van der Waals surface area (Å²) in [6.45, 7) is 2.61. The molecule has 7 nitrogen and oxygen atoms in total. The minimum atomic E-state index is -0.673. The summed E-state index contributed by atoms with van der Waals surface area (Å²) < 4.78 is 5.88. The van der Waals surface area contributed by atoms with E-state index in [9.17, 15) is 9.59 Å². The van der Waals surface area contributed by atoms with Crippen molar-refractivity contribution in [2.75, 3.05) is 19.0 Å². The van der Waals surface area contributed by atoms with Crippen molar-refractivity contribution in [3.63, 3.8) is 0 Å². The highest BCUT2D eigenvalue weighted by atomic mass is 35.5. The van der Waals surface area contributed by atoms with Crippen molar-refractivity contribution in [3.05, 3.63) is 24.3 Å². The summed E-state index contributed by atoms with van der Waals surface area (Å²) in [6.07, 6.45) is 1.20. The molecule has 0 radical (unpaired) electrons. The van der Waals surface area contributed by atoms with E-state index >= 15 is 0 Å². The quantitative estimate of drug-likeness (QED) is 0.846. The van der Waals surface area contributed by atoms with Gasteiger partial charge < -0.3 is 10.1 Å².